The van der Waals surface area contributed by atoms with Crippen LogP contribution in [0.25, 0.3) is 0 Å². The fourth-order valence-electron chi connectivity index (χ4n) is 4.32. The molecule has 0 radical (unpaired) electrons. The Morgan fingerprint density at radius 2 is 1.95 bits per heavy atom. The number of hydrogen-bond donors (Lipinski definition) is 1. The van der Waals surface area contributed by atoms with Crippen LogP contribution >= 0.6 is 0 Å². The van der Waals surface area contributed by atoms with Gasteiger partial charge in [0.15, 0.2) is 0 Å². The molecule has 0 aromatic rings. The normalized spacial score (nSPS) is 32.6. The smallest absolute Gasteiger partial charge is 0.235 e. The Morgan fingerprint density at radius 1 is 1.24 bits per heavy atom. The van der Waals surface area contributed by atoms with Crippen LogP contribution in [-0.4, -0.2) is 35.5 Å². The molecule has 1 amide bonds. The minimum absolute atomic E-state index is 0.0390. The van der Waals surface area contributed by atoms with Crippen LogP contribution in [0, 0.1) is 23.2 Å². The van der Waals surface area contributed by atoms with Gasteiger partial charge in [-0.05, 0) is 63.8 Å². The van der Waals surface area contributed by atoms with Gasteiger partial charge in [-0.3, -0.25) is 9.69 Å². The van der Waals surface area contributed by atoms with E-state index in [1.807, 2.05) is 6.92 Å². The summed E-state index contributed by atoms with van der Waals surface area (Å²) in [6.07, 6.45) is 9.92. The van der Waals surface area contributed by atoms with Crippen LogP contribution in [0.3, 0.4) is 0 Å². The van der Waals surface area contributed by atoms with Crippen LogP contribution in [0.2, 0.25) is 0 Å². The molecule has 2 saturated carbocycles. The molecule has 3 aliphatic rings. The molecule has 3 unspecified atom stereocenters. The highest BCUT2D eigenvalue weighted by Crippen LogP contribution is 2.39. The SMILES string of the molecule is CC(C#N)(NC(=O)CN1CCCC2CCCCC21)C1CC1. The number of carbonyl (C=O) groups is 1. The Balaban J connectivity index is 1.57. The third-order valence-electron chi connectivity index (χ3n) is 5.73. The average Bonchev–Trinajstić information content (AvgIpc) is 3.32. The zero-order chi connectivity index (χ0) is 14.9. The van der Waals surface area contributed by atoms with Crippen molar-refractivity contribution >= 4 is 5.91 Å². The number of likely N-dealkylation sites (tertiary alicyclic amines) is 1. The minimum atomic E-state index is -0.654. The first-order valence-electron chi connectivity index (χ1n) is 8.59. The molecule has 3 atom stereocenters. The standard InChI is InChI=1S/C17H27N3O/c1-17(12-18,14-8-9-14)19-16(21)11-20-10-4-6-13-5-2-3-7-15(13)20/h13-15H,2-11H2,1H3,(H,19,21). The first-order valence-corrected chi connectivity index (χ1v) is 8.59. The highest BCUT2D eigenvalue weighted by molar-refractivity contribution is 5.79. The number of carbonyl (C=O) groups excluding carboxylic acids is 1. The topological polar surface area (TPSA) is 56.1 Å². The molecule has 21 heavy (non-hydrogen) atoms. The maximum atomic E-state index is 12.4. The van der Waals surface area contributed by atoms with E-state index in [0.717, 1.165) is 25.3 Å². The van der Waals surface area contributed by atoms with Gasteiger partial charge >= 0.3 is 0 Å². The van der Waals surface area contributed by atoms with Crippen LogP contribution in [0.4, 0.5) is 0 Å². The summed E-state index contributed by atoms with van der Waals surface area (Å²) >= 11 is 0. The van der Waals surface area contributed by atoms with E-state index in [1.165, 1.54) is 38.5 Å². The van der Waals surface area contributed by atoms with E-state index in [0.29, 0.717) is 18.5 Å². The first-order chi connectivity index (χ1) is 10.1. The number of hydrogen-bond acceptors (Lipinski definition) is 3. The predicted octanol–water partition coefficient (Wildman–Crippen LogP) is 2.45. The maximum absolute atomic E-state index is 12.4. The van der Waals surface area contributed by atoms with Crippen molar-refractivity contribution in [2.75, 3.05) is 13.1 Å². The largest absolute Gasteiger partial charge is 0.337 e. The number of nitrogens with zero attached hydrogens (tertiary/aromatic N) is 2. The van der Waals surface area contributed by atoms with Gasteiger partial charge in [0.1, 0.15) is 5.54 Å². The zero-order valence-corrected chi connectivity index (χ0v) is 13.1. The lowest BCUT2D eigenvalue weighted by molar-refractivity contribution is -0.125. The summed E-state index contributed by atoms with van der Waals surface area (Å²) in [4.78, 5) is 14.8. The minimum Gasteiger partial charge on any atom is -0.337 e. The number of piperidine rings is 1. The van der Waals surface area contributed by atoms with Crippen molar-refractivity contribution in [1.29, 1.82) is 5.26 Å². The van der Waals surface area contributed by atoms with E-state index in [9.17, 15) is 10.1 Å². The Hall–Kier alpha value is -1.08. The Bertz CT molecular complexity index is 438. The van der Waals surface area contributed by atoms with Crippen molar-refractivity contribution in [3.05, 3.63) is 0 Å². The lowest BCUT2D eigenvalue weighted by Crippen LogP contribution is -2.54. The summed E-state index contributed by atoms with van der Waals surface area (Å²) in [5.41, 5.74) is -0.654. The van der Waals surface area contributed by atoms with Crippen molar-refractivity contribution in [1.82, 2.24) is 10.2 Å². The molecule has 1 heterocycles. The van der Waals surface area contributed by atoms with Crippen molar-refractivity contribution < 1.29 is 4.79 Å². The van der Waals surface area contributed by atoms with Gasteiger partial charge < -0.3 is 5.32 Å². The third kappa shape index (κ3) is 3.23. The van der Waals surface area contributed by atoms with E-state index in [2.05, 4.69) is 16.3 Å². The Kier molecular flexibility index (Phi) is 4.21. The van der Waals surface area contributed by atoms with Gasteiger partial charge in [0.25, 0.3) is 0 Å². The number of rotatable bonds is 4. The summed E-state index contributed by atoms with van der Waals surface area (Å²) < 4.78 is 0. The predicted molar refractivity (Wildman–Crippen MR) is 81.4 cm³/mol. The van der Waals surface area contributed by atoms with Gasteiger partial charge in [0, 0.05) is 6.04 Å². The molecular weight excluding hydrogens is 262 g/mol. The molecule has 4 heteroatoms. The number of amides is 1. The lowest BCUT2D eigenvalue weighted by Gasteiger charge is -2.44. The molecule has 0 bridgehead atoms. The Labute approximate surface area is 127 Å². The van der Waals surface area contributed by atoms with E-state index >= 15 is 0 Å². The fraction of sp³-hybridized carbons (Fsp3) is 0.882. The molecule has 1 saturated heterocycles. The van der Waals surface area contributed by atoms with Crippen LogP contribution in [-0.2, 0) is 4.79 Å². The van der Waals surface area contributed by atoms with E-state index in [-0.39, 0.29) is 5.91 Å². The van der Waals surface area contributed by atoms with E-state index < -0.39 is 5.54 Å². The zero-order valence-electron chi connectivity index (χ0n) is 13.1. The molecule has 0 aromatic carbocycles. The van der Waals surface area contributed by atoms with Gasteiger partial charge in [-0.1, -0.05) is 12.8 Å². The lowest BCUT2D eigenvalue weighted by atomic mass is 9.78. The summed E-state index contributed by atoms with van der Waals surface area (Å²) in [6, 6.07) is 2.92. The van der Waals surface area contributed by atoms with E-state index in [1.54, 1.807) is 0 Å². The highest BCUT2D eigenvalue weighted by Gasteiger charge is 2.43. The second-order valence-electron chi connectivity index (χ2n) is 7.36. The fourth-order valence-corrected chi connectivity index (χ4v) is 4.32. The van der Waals surface area contributed by atoms with Crippen LogP contribution in [0.5, 0.6) is 0 Å². The molecule has 1 N–H and O–H groups in total. The molecule has 3 rings (SSSR count). The number of nitrogens with one attached hydrogen (secondary N) is 1. The van der Waals surface area contributed by atoms with Crippen molar-refractivity contribution in [3.63, 3.8) is 0 Å². The van der Waals surface area contributed by atoms with Gasteiger partial charge in [0.05, 0.1) is 12.6 Å². The molecule has 116 valence electrons. The second-order valence-corrected chi connectivity index (χ2v) is 7.36. The monoisotopic (exact) mass is 289 g/mol. The number of fused-ring (bicyclic) bond motifs is 1. The molecule has 2 aliphatic carbocycles. The second kappa shape index (κ2) is 5.96. The average molecular weight is 289 g/mol. The van der Waals surface area contributed by atoms with Crippen molar-refractivity contribution in [2.45, 2.75) is 69.9 Å². The van der Waals surface area contributed by atoms with Gasteiger partial charge in [-0.25, -0.2) is 0 Å². The first kappa shape index (κ1) is 14.8. The quantitative estimate of drug-likeness (QED) is 0.865. The molecule has 0 spiro atoms. The van der Waals surface area contributed by atoms with Gasteiger partial charge in [-0.2, -0.15) is 5.26 Å². The highest BCUT2D eigenvalue weighted by atomic mass is 16.2. The summed E-state index contributed by atoms with van der Waals surface area (Å²) in [6.45, 7) is 3.40. The molecule has 1 aliphatic heterocycles. The van der Waals surface area contributed by atoms with Crippen LogP contribution in [0.1, 0.15) is 58.3 Å². The summed E-state index contributed by atoms with van der Waals surface area (Å²) in [7, 11) is 0. The van der Waals surface area contributed by atoms with Gasteiger partial charge in [-0.15, -0.1) is 0 Å². The Morgan fingerprint density at radius 3 is 2.67 bits per heavy atom. The molecule has 3 fully saturated rings. The van der Waals surface area contributed by atoms with Crippen LogP contribution in [0.15, 0.2) is 0 Å². The van der Waals surface area contributed by atoms with Crippen LogP contribution < -0.4 is 5.32 Å². The summed E-state index contributed by atoms with van der Waals surface area (Å²) in [5, 5.41) is 12.4. The van der Waals surface area contributed by atoms with Crippen molar-refractivity contribution in [3.8, 4) is 6.07 Å². The summed E-state index contributed by atoms with van der Waals surface area (Å²) in [5.74, 6) is 1.19. The third-order valence-corrected chi connectivity index (χ3v) is 5.73. The molecular formula is C17H27N3O. The maximum Gasteiger partial charge on any atom is 0.235 e. The van der Waals surface area contributed by atoms with E-state index in [4.69, 9.17) is 0 Å². The van der Waals surface area contributed by atoms with Gasteiger partial charge in [0.2, 0.25) is 5.91 Å². The molecule has 0 aromatic heterocycles. The number of nitriles is 1. The van der Waals surface area contributed by atoms with Crippen molar-refractivity contribution in [2.24, 2.45) is 11.8 Å². The molecule has 4 nitrogen and oxygen atoms in total.